The second-order valence-corrected chi connectivity index (χ2v) is 4.10. The minimum atomic E-state index is -0.792. The van der Waals surface area contributed by atoms with Crippen LogP contribution in [0.4, 0.5) is 8.78 Å². The Bertz CT molecular complexity index is 353. The molecular weight excluding hydrogens is 246 g/mol. The van der Waals surface area contributed by atoms with Gasteiger partial charge in [0.25, 0.3) is 0 Å². The lowest BCUT2D eigenvalue weighted by atomic mass is 10.1. The Morgan fingerprint density at radius 2 is 1.68 bits per heavy atom. The molecule has 0 radical (unpaired) electrons. The maximum atomic E-state index is 12.9. The summed E-state index contributed by atoms with van der Waals surface area (Å²) in [5.74, 6) is -1.57. The molecule has 0 aromatic heterocycles. The molecule has 1 aromatic rings. The average Bonchev–Trinajstić information content (AvgIpc) is 2.84. The van der Waals surface area contributed by atoms with E-state index in [-0.39, 0.29) is 6.10 Å². The van der Waals surface area contributed by atoms with Crippen LogP contribution in [0.1, 0.15) is 53.0 Å². The summed E-state index contributed by atoms with van der Waals surface area (Å²) < 4.78 is 31.2. The zero-order chi connectivity index (χ0) is 14.8. The Hall–Kier alpha value is -0.960. The van der Waals surface area contributed by atoms with E-state index < -0.39 is 11.6 Å². The molecule has 1 nitrogen and oxygen atoms in total. The maximum Gasteiger partial charge on any atom is 0.159 e. The van der Waals surface area contributed by atoms with Gasteiger partial charge in [0, 0.05) is 0 Å². The number of benzene rings is 1. The number of hydrogen-bond donors (Lipinski definition) is 0. The first-order chi connectivity index (χ1) is 9.15. The van der Waals surface area contributed by atoms with Crippen LogP contribution in [-0.2, 0) is 11.2 Å². The van der Waals surface area contributed by atoms with Gasteiger partial charge in [-0.3, -0.25) is 0 Å². The average molecular weight is 272 g/mol. The van der Waals surface area contributed by atoms with Crippen LogP contribution in [-0.4, -0.2) is 12.2 Å². The van der Waals surface area contributed by atoms with E-state index >= 15 is 0 Å². The van der Waals surface area contributed by atoms with E-state index in [4.69, 9.17) is 4.74 Å². The monoisotopic (exact) mass is 272 g/mol. The predicted molar refractivity (Wildman–Crippen MR) is 76.3 cm³/mol. The minimum Gasteiger partial charge on any atom is -0.375 e. The van der Waals surface area contributed by atoms with Gasteiger partial charge in [0.1, 0.15) is 0 Å². The molecule has 0 amide bonds. The molecule has 1 fully saturated rings. The Morgan fingerprint density at radius 1 is 1.05 bits per heavy atom. The summed E-state index contributed by atoms with van der Waals surface area (Å²) in [4.78, 5) is 0. The van der Waals surface area contributed by atoms with Crippen molar-refractivity contribution in [3.05, 3.63) is 35.4 Å². The Balaban J connectivity index is 0.000000741. The fraction of sp³-hybridized carbons (Fsp3) is 0.625. The maximum absolute atomic E-state index is 12.9. The van der Waals surface area contributed by atoms with Gasteiger partial charge in [0.2, 0.25) is 0 Å². The highest BCUT2D eigenvalue weighted by atomic mass is 19.2. The molecule has 110 valence electrons. The summed E-state index contributed by atoms with van der Waals surface area (Å²) in [6.07, 6.45) is 3.17. The molecule has 0 saturated carbocycles. The molecule has 1 aliphatic heterocycles. The molecule has 0 bridgehead atoms. The van der Waals surface area contributed by atoms with Crippen molar-refractivity contribution in [2.45, 2.75) is 66.1 Å². The molecular formula is C16H26F2O. The van der Waals surface area contributed by atoms with Gasteiger partial charge in [0.05, 0.1) is 12.2 Å². The summed E-state index contributed by atoms with van der Waals surface area (Å²) in [6, 6.07) is 4.04. The lowest BCUT2D eigenvalue weighted by molar-refractivity contribution is 0.0563. The molecule has 1 heterocycles. The van der Waals surface area contributed by atoms with Crippen molar-refractivity contribution in [3.63, 3.8) is 0 Å². The van der Waals surface area contributed by atoms with Gasteiger partial charge in [-0.1, -0.05) is 33.8 Å². The lowest BCUT2D eigenvalue weighted by Crippen LogP contribution is -2.11. The largest absolute Gasteiger partial charge is 0.375 e. The molecule has 0 N–H and O–H groups in total. The first-order valence-corrected chi connectivity index (χ1v) is 7.24. The lowest BCUT2D eigenvalue weighted by Gasteiger charge is -2.10. The fourth-order valence-electron chi connectivity index (χ4n) is 1.96. The van der Waals surface area contributed by atoms with Crippen LogP contribution in [0.25, 0.3) is 0 Å². The highest BCUT2D eigenvalue weighted by Crippen LogP contribution is 2.22. The van der Waals surface area contributed by atoms with E-state index in [0.717, 1.165) is 18.4 Å². The number of halogens is 2. The van der Waals surface area contributed by atoms with Crippen molar-refractivity contribution < 1.29 is 13.5 Å². The van der Waals surface area contributed by atoms with Crippen molar-refractivity contribution >= 4 is 0 Å². The molecule has 1 saturated heterocycles. The quantitative estimate of drug-likeness (QED) is 0.725. The van der Waals surface area contributed by atoms with Crippen LogP contribution in [0, 0.1) is 11.6 Å². The summed E-state index contributed by atoms with van der Waals surface area (Å²) >= 11 is 0. The van der Waals surface area contributed by atoms with Crippen LogP contribution in [0.2, 0.25) is 0 Å². The standard InChI is InChI=1S/C12H14F2O.2C2H6/c1-8-2-4-10(15-8)6-9-3-5-11(13)12(14)7-9;2*1-2/h3,5,7-8,10H,2,4,6H2,1H3;2*1-2H3. The highest BCUT2D eigenvalue weighted by molar-refractivity contribution is 5.18. The zero-order valence-corrected chi connectivity index (χ0v) is 12.7. The normalized spacial score (nSPS) is 21.0. The minimum absolute atomic E-state index is 0.157. The van der Waals surface area contributed by atoms with Crippen molar-refractivity contribution in [2.75, 3.05) is 0 Å². The van der Waals surface area contributed by atoms with Crippen LogP contribution in [0.15, 0.2) is 18.2 Å². The summed E-state index contributed by atoms with van der Waals surface area (Å²) in [5.41, 5.74) is 0.799. The van der Waals surface area contributed by atoms with Gasteiger partial charge >= 0.3 is 0 Å². The van der Waals surface area contributed by atoms with Gasteiger partial charge in [0.15, 0.2) is 11.6 Å². The Kier molecular flexibility index (Phi) is 9.40. The predicted octanol–water partition coefficient (Wildman–Crippen LogP) is 5.13. The van der Waals surface area contributed by atoms with E-state index in [9.17, 15) is 8.78 Å². The van der Waals surface area contributed by atoms with Crippen LogP contribution in [0.5, 0.6) is 0 Å². The third kappa shape index (κ3) is 6.15. The second kappa shape index (κ2) is 9.90. The molecule has 1 aromatic carbocycles. The zero-order valence-electron chi connectivity index (χ0n) is 12.7. The molecule has 2 atom stereocenters. The Morgan fingerprint density at radius 3 is 2.16 bits per heavy atom. The van der Waals surface area contributed by atoms with E-state index in [1.807, 2.05) is 34.6 Å². The van der Waals surface area contributed by atoms with Crippen molar-refractivity contribution in [1.29, 1.82) is 0 Å². The van der Waals surface area contributed by atoms with Crippen molar-refractivity contribution in [3.8, 4) is 0 Å². The first kappa shape index (κ1) is 18.0. The highest BCUT2D eigenvalue weighted by Gasteiger charge is 2.22. The SMILES string of the molecule is CC.CC.CC1CCC(Cc2ccc(F)c(F)c2)O1. The summed E-state index contributed by atoms with van der Waals surface area (Å²) in [7, 11) is 0. The van der Waals surface area contributed by atoms with Crippen LogP contribution >= 0.6 is 0 Å². The molecule has 2 rings (SSSR count). The van der Waals surface area contributed by atoms with Crippen LogP contribution in [0.3, 0.4) is 0 Å². The number of ether oxygens (including phenoxy) is 1. The van der Waals surface area contributed by atoms with Gasteiger partial charge in [-0.2, -0.15) is 0 Å². The van der Waals surface area contributed by atoms with Gasteiger partial charge in [-0.15, -0.1) is 0 Å². The van der Waals surface area contributed by atoms with Gasteiger partial charge in [-0.25, -0.2) is 8.78 Å². The number of hydrogen-bond acceptors (Lipinski definition) is 1. The third-order valence-corrected chi connectivity index (χ3v) is 2.77. The Labute approximate surface area is 116 Å². The molecule has 19 heavy (non-hydrogen) atoms. The first-order valence-electron chi connectivity index (χ1n) is 7.24. The van der Waals surface area contributed by atoms with E-state index in [1.54, 1.807) is 6.07 Å². The molecule has 3 heteroatoms. The van der Waals surface area contributed by atoms with E-state index in [0.29, 0.717) is 12.5 Å². The van der Waals surface area contributed by atoms with Gasteiger partial charge < -0.3 is 4.74 Å². The molecule has 0 spiro atoms. The topological polar surface area (TPSA) is 9.23 Å². The molecule has 0 aliphatic carbocycles. The molecule has 1 aliphatic rings. The second-order valence-electron chi connectivity index (χ2n) is 4.10. The summed E-state index contributed by atoms with van der Waals surface area (Å²) in [5, 5.41) is 0. The smallest absolute Gasteiger partial charge is 0.159 e. The summed E-state index contributed by atoms with van der Waals surface area (Å²) in [6.45, 7) is 10.0. The number of rotatable bonds is 2. The molecule has 2 unspecified atom stereocenters. The fourth-order valence-corrected chi connectivity index (χ4v) is 1.96. The van der Waals surface area contributed by atoms with Crippen molar-refractivity contribution in [1.82, 2.24) is 0 Å². The van der Waals surface area contributed by atoms with Crippen LogP contribution < -0.4 is 0 Å². The van der Waals surface area contributed by atoms with Crippen molar-refractivity contribution in [2.24, 2.45) is 0 Å². The van der Waals surface area contributed by atoms with Gasteiger partial charge in [-0.05, 0) is 43.9 Å². The van der Waals surface area contributed by atoms with E-state index in [2.05, 4.69) is 0 Å². The third-order valence-electron chi connectivity index (χ3n) is 2.77. The van der Waals surface area contributed by atoms with E-state index in [1.165, 1.54) is 12.1 Å².